The summed E-state index contributed by atoms with van der Waals surface area (Å²) >= 11 is 0. The highest BCUT2D eigenvalue weighted by Crippen LogP contribution is 2.33. The Bertz CT molecular complexity index is 1190. The van der Waals surface area contributed by atoms with Gasteiger partial charge >= 0.3 is 6.03 Å². The van der Waals surface area contributed by atoms with Gasteiger partial charge in [-0.2, -0.15) is 0 Å². The van der Waals surface area contributed by atoms with Crippen LogP contribution in [0.1, 0.15) is 25.7 Å². The van der Waals surface area contributed by atoms with Crippen LogP contribution in [0.4, 0.5) is 19.3 Å². The Balaban J connectivity index is 1.43. The topological polar surface area (TPSA) is 97.5 Å². The molecule has 12 heteroatoms. The number of urea groups is 1. The van der Waals surface area contributed by atoms with E-state index >= 15 is 0 Å². The van der Waals surface area contributed by atoms with Crippen molar-refractivity contribution in [3.05, 3.63) is 35.3 Å². The monoisotopic (exact) mass is 516 g/mol. The Morgan fingerprint density at radius 1 is 1.11 bits per heavy atom. The smallest absolute Gasteiger partial charge is 0.324 e. The molecule has 1 aliphatic heterocycles. The van der Waals surface area contributed by atoms with Gasteiger partial charge < -0.3 is 25.2 Å². The first-order valence-electron chi connectivity index (χ1n) is 11.9. The third-order valence-electron chi connectivity index (χ3n) is 6.48. The second-order valence-electron chi connectivity index (χ2n) is 9.30. The van der Waals surface area contributed by atoms with Crippen LogP contribution in [0.15, 0.2) is 23.7 Å². The zero-order valence-electron chi connectivity index (χ0n) is 21.2. The Morgan fingerprint density at radius 3 is 2.38 bits per heavy atom. The molecule has 3 aliphatic rings. The van der Waals surface area contributed by atoms with Crippen molar-refractivity contribution in [2.45, 2.75) is 43.9 Å². The molecule has 1 aromatic carbocycles. The number of methoxy groups -OCH3 is 1. The first-order valence-corrected chi connectivity index (χ1v) is 11.9. The van der Waals surface area contributed by atoms with E-state index in [4.69, 9.17) is 4.74 Å². The van der Waals surface area contributed by atoms with Gasteiger partial charge in [0.2, 0.25) is 6.41 Å². The molecular weight excluding hydrogens is 486 g/mol. The molecule has 37 heavy (non-hydrogen) atoms. The molecule has 1 aromatic rings. The van der Waals surface area contributed by atoms with E-state index in [1.54, 1.807) is 11.9 Å². The zero-order chi connectivity index (χ0) is 26.9. The number of anilines is 1. The van der Waals surface area contributed by atoms with E-state index in [1.165, 1.54) is 31.0 Å². The largest absolute Gasteiger partial charge is 0.492 e. The molecule has 4 amide bonds. The fourth-order valence-electron chi connectivity index (χ4n) is 4.07. The molecule has 1 atom stereocenters. The van der Waals surface area contributed by atoms with Crippen molar-refractivity contribution < 1.29 is 27.9 Å². The second kappa shape index (κ2) is 10.5. The Kier molecular flexibility index (Phi) is 7.42. The Morgan fingerprint density at radius 2 is 1.78 bits per heavy atom. The van der Waals surface area contributed by atoms with Crippen LogP contribution in [0.2, 0.25) is 0 Å². The molecule has 0 radical (unpaired) electrons. The third kappa shape index (κ3) is 5.55. The minimum Gasteiger partial charge on any atom is -0.492 e. The average molecular weight is 517 g/mol. The molecule has 0 spiro atoms. The molecule has 1 heterocycles. The third-order valence-corrected chi connectivity index (χ3v) is 6.48. The minimum absolute atomic E-state index is 0.0102. The second-order valence-corrected chi connectivity index (χ2v) is 9.30. The molecule has 4 rings (SSSR count). The number of nitrogens with one attached hydrogen (secondary N) is 2. The SMILES string of the molecule is COc1c(F)cc(F)cc1N(C)C(=O)N(C)CC#CC1NC(C(=O)N(C)C2CC2)=C(N(C=O)C2CC2)N1. The number of carbonyl (C=O) groups excluding carboxylic acids is 3. The lowest BCUT2D eigenvalue weighted by Gasteiger charge is -2.25. The molecule has 0 saturated heterocycles. The molecule has 10 nitrogen and oxygen atoms in total. The van der Waals surface area contributed by atoms with Crippen LogP contribution in [0, 0.1) is 23.5 Å². The fourth-order valence-corrected chi connectivity index (χ4v) is 4.07. The van der Waals surface area contributed by atoms with Gasteiger partial charge in [0, 0.05) is 45.4 Å². The van der Waals surface area contributed by atoms with Crippen molar-refractivity contribution in [2.75, 3.05) is 39.7 Å². The summed E-state index contributed by atoms with van der Waals surface area (Å²) in [4.78, 5) is 43.2. The van der Waals surface area contributed by atoms with Crippen LogP contribution >= 0.6 is 0 Å². The van der Waals surface area contributed by atoms with Crippen LogP contribution in [-0.2, 0) is 9.59 Å². The summed E-state index contributed by atoms with van der Waals surface area (Å²) in [6.45, 7) is -0.0102. The molecular formula is C25H30F2N6O4. The zero-order valence-corrected chi connectivity index (χ0v) is 21.2. The highest BCUT2D eigenvalue weighted by atomic mass is 19.1. The predicted octanol–water partition coefficient (Wildman–Crippen LogP) is 1.39. The fraction of sp³-hybridized carbons (Fsp3) is 0.480. The number of amides is 4. The van der Waals surface area contributed by atoms with Crippen molar-refractivity contribution >= 4 is 24.0 Å². The van der Waals surface area contributed by atoms with Crippen molar-refractivity contribution in [1.82, 2.24) is 25.3 Å². The van der Waals surface area contributed by atoms with E-state index < -0.39 is 23.8 Å². The van der Waals surface area contributed by atoms with Crippen LogP contribution in [0.25, 0.3) is 0 Å². The van der Waals surface area contributed by atoms with Crippen molar-refractivity contribution in [2.24, 2.45) is 0 Å². The van der Waals surface area contributed by atoms with E-state index in [2.05, 4.69) is 22.5 Å². The number of nitrogens with zero attached hydrogens (tertiary/aromatic N) is 4. The van der Waals surface area contributed by atoms with E-state index in [9.17, 15) is 23.2 Å². The molecule has 0 bridgehead atoms. The van der Waals surface area contributed by atoms with Gasteiger partial charge in [-0.15, -0.1) is 0 Å². The van der Waals surface area contributed by atoms with Crippen molar-refractivity contribution in [3.63, 3.8) is 0 Å². The van der Waals surface area contributed by atoms with Gasteiger partial charge in [-0.1, -0.05) is 11.8 Å². The molecule has 198 valence electrons. The average Bonchev–Trinajstić information content (AvgIpc) is 3.80. The van der Waals surface area contributed by atoms with E-state index in [-0.39, 0.29) is 41.7 Å². The lowest BCUT2D eigenvalue weighted by atomic mass is 10.2. The molecule has 2 fully saturated rings. The van der Waals surface area contributed by atoms with E-state index in [0.29, 0.717) is 18.3 Å². The van der Waals surface area contributed by atoms with Crippen LogP contribution in [-0.4, -0.2) is 86.1 Å². The van der Waals surface area contributed by atoms with Crippen LogP contribution in [0.3, 0.4) is 0 Å². The summed E-state index contributed by atoms with van der Waals surface area (Å²) in [5.74, 6) is 3.99. The van der Waals surface area contributed by atoms with Gasteiger partial charge in [-0.3, -0.25) is 19.4 Å². The number of halogens is 2. The number of likely N-dealkylation sites (N-methyl/N-ethyl adjacent to an activating group) is 1. The molecule has 2 aliphatic carbocycles. The molecule has 0 aromatic heterocycles. The number of carbonyl (C=O) groups is 3. The summed E-state index contributed by atoms with van der Waals surface area (Å²) in [6, 6.07) is 1.36. The summed E-state index contributed by atoms with van der Waals surface area (Å²) < 4.78 is 32.8. The summed E-state index contributed by atoms with van der Waals surface area (Å²) in [7, 11) is 5.84. The quantitative estimate of drug-likeness (QED) is 0.401. The maximum atomic E-state index is 14.1. The number of benzene rings is 1. The maximum Gasteiger partial charge on any atom is 0.324 e. The van der Waals surface area contributed by atoms with Gasteiger partial charge in [-0.05, 0) is 25.7 Å². The van der Waals surface area contributed by atoms with Gasteiger partial charge in [-0.25, -0.2) is 13.6 Å². The number of hydrogen-bond donors (Lipinski definition) is 2. The maximum absolute atomic E-state index is 14.1. The lowest BCUT2D eigenvalue weighted by molar-refractivity contribution is -0.126. The first kappa shape index (κ1) is 26.1. The van der Waals surface area contributed by atoms with Gasteiger partial charge in [0.1, 0.15) is 17.3 Å². The normalized spacial score (nSPS) is 18.2. The lowest BCUT2D eigenvalue weighted by Crippen LogP contribution is -2.40. The predicted molar refractivity (Wildman–Crippen MR) is 131 cm³/mol. The van der Waals surface area contributed by atoms with Gasteiger partial charge in [0.05, 0.1) is 19.3 Å². The van der Waals surface area contributed by atoms with Crippen LogP contribution in [0.5, 0.6) is 5.75 Å². The number of ether oxygens (including phenoxy) is 1. The molecule has 2 N–H and O–H groups in total. The van der Waals surface area contributed by atoms with Crippen LogP contribution < -0.4 is 20.3 Å². The first-order chi connectivity index (χ1) is 17.7. The Labute approximate surface area is 214 Å². The van der Waals surface area contributed by atoms with Gasteiger partial charge in [0.25, 0.3) is 5.91 Å². The summed E-state index contributed by atoms with van der Waals surface area (Å²) in [6.07, 6.45) is 3.69. The Hall–Kier alpha value is -4.01. The summed E-state index contributed by atoms with van der Waals surface area (Å²) in [5, 5.41) is 6.19. The molecule has 2 saturated carbocycles. The van der Waals surface area contributed by atoms with Gasteiger partial charge in [0.15, 0.2) is 17.7 Å². The molecule has 1 unspecified atom stereocenters. The van der Waals surface area contributed by atoms with E-state index in [0.717, 1.165) is 36.6 Å². The number of hydrogen-bond acceptors (Lipinski definition) is 6. The van der Waals surface area contributed by atoms with Crippen molar-refractivity contribution in [1.29, 1.82) is 0 Å². The highest BCUT2D eigenvalue weighted by Gasteiger charge is 2.40. The number of rotatable bonds is 8. The minimum atomic E-state index is -0.922. The van der Waals surface area contributed by atoms with E-state index in [1.807, 2.05) is 0 Å². The van der Waals surface area contributed by atoms with Crippen molar-refractivity contribution in [3.8, 4) is 17.6 Å². The highest BCUT2D eigenvalue weighted by molar-refractivity contribution is 5.95. The standard InChI is InChI=1S/C25H30F2N6O4/c1-30(25(36)32(3)19-13-15(26)12-18(27)22(19)37-4)11-5-6-20-28-21(24(35)31(2)16-7-8-16)23(29-20)33(14-34)17-9-10-17/h12-14,16-17,20,28-29H,7-11H2,1-4H3. The summed E-state index contributed by atoms with van der Waals surface area (Å²) in [5.41, 5.74) is 0.229.